The summed E-state index contributed by atoms with van der Waals surface area (Å²) < 4.78 is 13.2. The fraction of sp³-hybridized carbons (Fsp3) is 0.375. The summed E-state index contributed by atoms with van der Waals surface area (Å²) in [4.78, 5) is 24.8. The van der Waals surface area contributed by atoms with E-state index >= 15 is 0 Å². The van der Waals surface area contributed by atoms with Gasteiger partial charge in [-0.1, -0.05) is 12.1 Å². The minimum absolute atomic E-state index is 0.220. The first-order chi connectivity index (χ1) is 9.97. The molecule has 112 valence electrons. The number of halogens is 1. The highest BCUT2D eigenvalue weighted by Gasteiger charge is 2.27. The van der Waals surface area contributed by atoms with E-state index in [9.17, 15) is 14.0 Å². The number of nitrogens with zero attached hydrogens (tertiary/aromatic N) is 1. The predicted molar refractivity (Wildman–Crippen MR) is 77.0 cm³/mol. The number of carboxylic acids is 1. The lowest BCUT2D eigenvalue weighted by molar-refractivity contribution is -0.144. The third kappa shape index (κ3) is 3.90. The van der Waals surface area contributed by atoms with Gasteiger partial charge in [0, 0.05) is 19.2 Å². The van der Waals surface area contributed by atoms with Gasteiger partial charge in [0.05, 0.1) is 5.92 Å². The van der Waals surface area contributed by atoms with Crippen LogP contribution < -0.4 is 0 Å². The first kappa shape index (κ1) is 15.2. The summed E-state index contributed by atoms with van der Waals surface area (Å²) in [6.45, 7) is 2.54. The Bertz CT molecular complexity index is 583. The Morgan fingerprint density at radius 3 is 2.86 bits per heavy atom. The van der Waals surface area contributed by atoms with Gasteiger partial charge in [0.25, 0.3) is 0 Å². The number of allylic oxidation sites excluding steroid dienone is 1. The van der Waals surface area contributed by atoms with E-state index in [2.05, 4.69) is 0 Å². The zero-order chi connectivity index (χ0) is 15.4. The molecule has 1 fully saturated rings. The SMILES string of the molecule is CC(=CC(=O)N1CCCC(C(=O)O)C1)c1cccc(F)c1. The van der Waals surface area contributed by atoms with Crippen molar-refractivity contribution in [2.45, 2.75) is 19.8 Å². The summed E-state index contributed by atoms with van der Waals surface area (Å²) in [5.41, 5.74) is 1.31. The first-order valence-corrected chi connectivity index (χ1v) is 6.93. The van der Waals surface area contributed by atoms with Crippen molar-refractivity contribution < 1.29 is 19.1 Å². The van der Waals surface area contributed by atoms with Gasteiger partial charge >= 0.3 is 5.97 Å². The molecule has 21 heavy (non-hydrogen) atoms. The minimum atomic E-state index is -0.863. The molecule has 1 heterocycles. The van der Waals surface area contributed by atoms with Crippen molar-refractivity contribution in [3.63, 3.8) is 0 Å². The quantitative estimate of drug-likeness (QED) is 0.871. The average molecular weight is 291 g/mol. The molecule has 1 aromatic carbocycles. The van der Waals surface area contributed by atoms with Gasteiger partial charge in [0.2, 0.25) is 5.91 Å². The van der Waals surface area contributed by atoms with Crippen molar-refractivity contribution in [3.05, 3.63) is 41.7 Å². The van der Waals surface area contributed by atoms with E-state index in [0.29, 0.717) is 30.5 Å². The molecule has 0 aromatic heterocycles. The van der Waals surface area contributed by atoms with Crippen molar-refractivity contribution in [3.8, 4) is 0 Å². The summed E-state index contributed by atoms with van der Waals surface area (Å²) >= 11 is 0. The molecule has 0 saturated carbocycles. The zero-order valence-electron chi connectivity index (χ0n) is 11.9. The average Bonchev–Trinajstić information content (AvgIpc) is 2.47. The molecule has 0 bridgehead atoms. The van der Waals surface area contributed by atoms with E-state index in [0.717, 1.165) is 0 Å². The van der Waals surface area contributed by atoms with Crippen LogP contribution in [0.25, 0.3) is 5.57 Å². The standard InChI is InChI=1S/C16H18FNO3/c1-11(12-4-2-6-14(17)9-12)8-15(19)18-7-3-5-13(10-18)16(20)21/h2,4,6,8-9,13H,3,5,7,10H2,1H3,(H,20,21). The van der Waals surface area contributed by atoms with Gasteiger partial charge in [-0.2, -0.15) is 0 Å². The lowest BCUT2D eigenvalue weighted by Crippen LogP contribution is -2.41. The highest BCUT2D eigenvalue weighted by atomic mass is 19.1. The van der Waals surface area contributed by atoms with Gasteiger partial charge in [-0.05, 0) is 43.0 Å². The largest absolute Gasteiger partial charge is 0.481 e. The number of benzene rings is 1. The number of rotatable bonds is 3. The van der Waals surface area contributed by atoms with Crippen molar-refractivity contribution in [2.75, 3.05) is 13.1 Å². The number of aliphatic carboxylic acids is 1. The number of amides is 1. The maximum absolute atomic E-state index is 13.2. The molecule has 1 atom stereocenters. The molecule has 0 aliphatic carbocycles. The van der Waals surface area contributed by atoms with E-state index in [1.54, 1.807) is 24.0 Å². The number of piperidine rings is 1. The van der Waals surface area contributed by atoms with Gasteiger partial charge in [-0.25, -0.2) is 4.39 Å². The van der Waals surface area contributed by atoms with E-state index in [4.69, 9.17) is 5.11 Å². The maximum Gasteiger partial charge on any atom is 0.308 e. The number of carboxylic acid groups (broad SMARTS) is 1. The monoisotopic (exact) mass is 291 g/mol. The fourth-order valence-corrected chi connectivity index (χ4v) is 2.47. The molecule has 5 heteroatoms. The van der Waals surface area contributed by atoms with Crippen LogP contribution >= 0.6 is 0 Å². The highest BCUT2D eigenvalue weighted by Crippen LogP contribution is 2.19. The molecule has 1 aromatic rings. The van der Waals surface area contributed by atoms with Crippen LogP contribution in [-0.2, 0) is 9.59 Å². The third-order valence-corrected chi connectivity index (χ3v) is 3.70. The lowest BCUT2D eigenvalue weighted by Gasteiger charge is -2.30. The van der Waals surface area contributed by atoms with E-state index in [-0.39, 0.29) is 18.3 Å². The molecule has 1 saturated heterocycles. The molecule has 0 spiro atoms. The first-order valence-electron chi connectivity index (χ1n) is 6.93. The molecule has 1 unspecified atom stereocenters. The van der Waals surface area contributed by atoms with Crippen LogP contribution in [-0.4, -0.2) is 35.0 Å². The van der Waals surface area contributed by atoms with Crippen LogP contribution in [0.1, 0.15) is 25.3 Å². The smallest absolute Gasteiger partial charge is 0.308 e. The molecule has 0 radical (unpaired) electrons. The van der Waals surface area contributed by atoms with Crippen LogP contribution in [0.5, 0.6) is 0 Å². The zero-order valence-corrected chi connectivity index (χ0v) is 11.9. The Balaban J connectivity index is 2.09. The summed E-state index contributed by atoms with van der Waals surface area (Å²) in [6.07, 6.45) is 2.74. The van der Waals surface area contributed by atoms with Crippen molar-refractivity contribution in [2.24, 2.45) is 5.92 Å². The summed E-state index contributed by atoms with van der Waals surface area (Å²) in [5, 5.41) is 9.03. The van der Waals surface area contributed by atoms with E-state index in [1.807, 2.05) is 0 Å². The maximum atomic E-state index is 13.2. The minimum Gasteiger partial charge on any atom is -0.481 e. The van der Waals surface area contributed by atoms with Crippen molar-refractivity contribution >= 4 is 17.4 Å². The Labute approximate surface area is 122 Å². The van der Waals surface area contributed by atoms with Crippen molar-refractivity contribution in [1.82, 2.24) is 4.90 Å². The van der Waals surface area contributed by atoms with E-state index < -0.39 is 11.9 Å². The van der Waals surface area contributed by atoms with Crippen LogP contribution in [0.4, 0.5) is 4.39 Å². The van der Waals surface area contributed by atoms with Gasteiger partial charge in [-0.3, -0.25) is 9.59 Å². The van der Waals surface area contributed by atoms with Gasteiger partial charge < -0.3 is 10.0 Å². The fourth-order valence-electron chi connectivity index (χ4n) is 2.47. The Morgan fingerprint density at radius 2 is 2.19 bits per heavy atom. The number of hydrogen-bond acceptors (Lipinski definition) is 2. The Hall–Kier alpha value is -2.17. The number of carbonyl (C=O) groups is 2. The Kier molecular flexibility index (Phi) is 4.73. The van der Waals surface area contributed by atoms with E-state index in [1.165, 1.54) is 18.2 Å². The number of carbonyl (C=O) groups excluding carboxylic acids is 1. The van der Waals surface area contributed by atoms with Gasteiger partial charge in [0.15, 0.2) is 0 Å². The normalized spacial score (nSPS) is 19.4. The molecule has 4 nitrogen and oxygen atoms in total. The molecule has 2 rings (SSSR count). The van der Waals surface area contributed by atoms with Crippen molar-refractivity contribution in [1.29, 1.82) is 0 Å². The molecule has 1 amide bonds. The van der Waals surface area contributed by atoms with Gasteiger partial charge in [-0.15, -0.1) is 0 Å². The molecular weight excluding hydrogens is 273 g/mol. The number of likely N-dealkylation sites (tertiary alicyclic amines) is 1. The van der Waals surface area contributed by atoms with Crippen LogP contribution in [0.15, 0.2) is 30.3 Å². The second-order valence-electron chi connectivity index (χ2n) is 5.30. The van der Waals surface area contributed by atoms with Crippen LogP contribution in [0.2, 0.25) is 0 Å². The molecule has 1 N–H and O–H groups in total. The number of hydrogen-bond donors (Lipinski definition) is 1. The summed E-state index contributed by atoms with van der Waals surface area (Å²) in [7, 11) is 0. The Morgan fingerprint density at radius 1 is 1.43 bits per heavy atom. The summed E-state index contributed by atoms with van der Waals surface area (Å²) in [6, 6.07) is 6.04. The second-order valence-corrected chi connectivity index (χ2v) is 5.30. The van der Waals surface area contributed by atoms with Gasteiger partial charge in [0.1, 0.15) is 5.82 Å². The predicted octanol–water partition coefficient (Wildman–Crippen LogP) is 2.55. The lowest BCUT2D eigenvalue weighted by atomic mass is 9.98. The topological polar surface area (TPSA) is 57.6 Å². The molecular formula is C16H18FNO3. The molecule has 1 aliphatic rings. The van der Waals surface area contributed by atoms with Crippen LogP contribution in [0, 0.1) is 11.7 Å². The second kappa shape index (κ2) is 6.52. The highest BCUT2D eigenvalue weighted by molar-refractivity contribution is 5.95. The van der Waals surface area contributed by atoms with Crippen LogP contribution in [0.3, 0.4) is 0 Å². The molecule has 1 aliphatic heterocycles. The summed E-state index contributed by atoms with van der Waals surface area (Å²) in [5.74, 6) is -1.93. The third-order valence-electron chi connectivity index (χ3n) is 3.70.